The molecule has 3 aromatic rings. The minimum Gasteiger partial charge on any atom is -0.378 e. The minimum atomic E-state index is -0.0132. The van der Waals surface area contributed by atoms with Crippen LogP contribution >= 0.6 is 11.8 Å². The zero-order valence-corrected chi connectivity index (χ0v) is 16.8. The van der Waals surface area contributed by atoms with E-state index in [4.69, 9.17) is 4.74 Å². The number of methoxy groups -OCH3 is 1. The van der Waals surface area contributed by atoms with E-state index < -0.39 is 0 Å². The van der Waals surface area contributed by atoms with Crippen molar-refractivity contribution in [1.29, 1.82) is 0 Å². The number of nitrogens with zero attached hydrogens (tertiary/aromatic N) is 3. The average molecular weight is 398 g/mol. The van der Waals surface area contributed by atoms with Crippen LogP contribution in [0.5, 0.6) is 0 Å². The monoisotopic (exact) mass is 398 g/mol. The molecule has 8 nitrogen and oxygen atoms in total. The molecule has 0 fully saturated rings. The van der Waals surface area contributed by atoms with Gasteiger partial charge in [0, 0.05) is 36.2 Å². The summed E-state index contributed by atoms with van der Waals surface area (Å²) in [6.07, 6.45) is 0.447. The summed E-state index contributed by atoms with van der Waals surface area (Å²) in [6, 6.07) is 11.3. The number of ether oxygens (including phenoxy) is 1. The molecule has 0 unspecified atom stereocenters. The quantitative estimate of drug-likeness (QED) is 0.494. The molecule has 146 valence electrons. The third-order valence-corrected chi connectivity index (χ3v) is 4.56. The van der Waals surface area contributed by atoms with Crippen LogP contribution in [0.25, 0.3) is 0 Å². The van der Waals surface area contributed by atoms with Crippen LogP contribution in [0.2, 0.25) is 0 Å². The zero-order chi connectivity index (χ0) is 19.9. The van der Waals surface area contributed by atoms with Gasteiger partial charge < -0.3 is 15.4 Å². The van der Waals surface area contributed by atoms with Crippen LogP contribution in [0.1, 0.15) is 24.7 Å². The lowest BCUT2D eigenvalue weighted by atomic mass is 10.3. The van der Waals surface area contributed by atoms with Gasteiger partial charge in [-0.25, -0.2) is 9.97 Å². The van der Waals surface area contributed by atoms with Crippen molar-refractivity contribution in [2.75, 3.05) is 17.7 Å². The van der Waals surface area contributed by atoms with Crippen molar-refractivity contribution < 1.29 is 9.53 Å². The molecule has 1 aromatic carbocycles. The molecule has 0 aliphatic heterocycles. The predicted octanol–water partition coefficient (Wildman–Crippen LogP) is 3.90. The topological polar surface area (TPSA) is 105 Å². The fourth-order valence-electron chi connectivity index (χ4n) is 2.39. The van der Waals surface area contributed by atoms with E-state index >= 15 is 0 Å². The Kier molecular flexibility index (Phi) is 6.62. The van der Waals surface area contributed by atoms with Crippen LogP contribution in [-0.4, -0.2) is 33.2 Å². The van der Waals surface area contributed by atoms with Gasteiger partial charge in [-0.2, -0.15) is 5.10 Å². The Morgan fingerprint density at radius 1 is 1.21 bits per heavy atom. The van der Waals surface area contributed by atoms with Crippen molar-refractivity contribution in [3.8, 4) is 0 Å². The summed E-state index contributed by atoms with van der Waals surface area (Å²) in [5, 5.41) is 13.6. The second kappa shape index (κ2) is 9.34. The zero-order valence-electron chi connectivity index (χ0n) is 15.9. The molecule has 0 atom stereocenters. The first-order valence-corrected chi connectivity index (χ1v) is 9.61. The summed E-state index contributed by atoms with van der Waals surface area (Å²) in [7, 11) is 1.63. The van der Waals surface area contributed by atoms with E-state index in [0.717, 1.165) is 27.8 Å². The van der Waals surface area contributed by atoms with Crippen molar-refractivity contribution >= 4 is 35.0 Å². The lowest BCUT2D eigenvalue weighted by Gasteiger charge is -2.09. The number of aryl methyl sites for hydroxylation is 1. The SMILES string of the molecule is CCC(=O)Nc1ccc(Sc2nc(COC)cc(Nc3cc(C)n[nH]3)n2)cc1. The number of aromatic amines is 1. The first kappa shape index (κ1) is 19.8. The molecule has 0 bridgehead atoms. The van der Waals surface area contributed by atoms with E-state index in [9.17, 15) is 4.79 Å². The van der Waals surface area contributed by atoms with Gasteiger partial charge in [0.1, 0.15) is 11.6 Å². The van der Waals surface area contributed by atoms with E-state index in [1.165, 1.54) is 11.8 Å². The molecule has 0 radical (unpaired) electrons. The van der Waals surface area contributed by atoms with Crippen molar-refractivity contribution in [3.05, 3.63) is 47.8 Å². The maximum Gasteiger partial charge on any atom is 0.224 e. The van der Waals surface area contributed by atoms with Gasteiger partial charge in [0.2, 0.25) is 5.91 Å². The van der Waals surface area contributed by atoms with E-state index in [1.807, 2.05) is 50.2 Å². The maximum atomic E-state index is 11.5. The second-order valence-electron chi connectivity index (χ2n) is 6.04. The number of hydrogen-bond donors (Lipinski definition) is 3. The molecule has 2 heterocycles. The van der Waals surface area contributed by atoms with Crippen LogP contribution in [0.4, 0.5) is 17.3 Å². The first-order chi connectivity index (χ1) is 13.6. The van der Waals surface area contributed by atoms with E-state index in [0.29, 0.717) is 24.0 Å². The van der Waals surface area contributed by atoms with Crippen LogP contribution in [-0.2, 0) is 16.1 Å². The van der Waals surface area contributed by atoms with Crippen LogP contribution in [0, 0.1) is 6.92 Å². The van der Waals surface area contributed by atoms with Gasteiger partial charge in [-0.3, -0.25) is 9.89 Å². The number of H-pyrrole nitrogens is 1. The maximum absolute atomic E-state index is 11.5. The van der Waals surface area contributed by atoms with Crippen molar-refractivity contribution in [3.63, 3.8) is 0 Å². The molecule has 28 heavy (non-hydrogen) atoms. The Morgan fingerprint density at radius 3 is 2.64 bits per heavy atom. The molecule has 3 rings (SSSR count). The normalized spacial score (nSPS) is 10.7. The predicted molar refractivity (Wildman–Crippen MR) is 109 cm³/mol. The fourth-order valence-corrected chi connectivity index (χ4v) is 3.18. The number of amides is 1. The Morgan fingerprint density at radius 2 is 2.00 bits per heavy atom. The third kappa shape index (κ3) is 5.54. The number of hydrogen-bond acceptors (Lipinski definition) is 7. The first-order valence-electron chi connectivity index (χ1n) is 8.79. The summed E-state index contributed by atoms with van der Waals surface area (Å²) in [5.41, 5.74) is 2.42. The Labute approximate surface area is 167 Å². The minimum absolute atomic E-state index is 0.0132. The summed E-state index contributed by atoms with van der Waals surface area (Å²) in [4.78, 5) is 21.6. The summed E-state index contributed by atoms with van der Waals surface area (Å²) in [5.74, 6) is 1.40. The average Bonchev–Trinajstić information content (AvgIpc) is 3.08. The number of anilines is 3. The molecule has 1 amide bonds. The Bertz CT molecular complexity index is 942. The molecule has 9 heteroatoms. The van der Waals surface area contributed by atoms with E-state index in [-0.39, 0.29) is 5.91 Å². The van der Waals surface area contributed by atoms with Gasteiger partial charge in [-0.1, -0.05) is 6.92 Å². The highest BCUT2D eigenvalue weighted by Crippen LogP contribution is 2.28. The lowest BCUT2D eigenvalue weighted by Crippen LogP contribution is -2.08. The van der Waals surface area contributed by atoms with Gasteiger partial charge in [0.05, 0.1) is 18.0 Å². The number of nitrogens with one attached hydrogen (secondary N) is 3. The van der Waals surface area contributed by atoms with Crippen molar-refractivity contribution in [2.45, 2.75) is 36.9 Å². The smallest absolute Gasteiger partial charge is 0.224 e. The third-order valence-electron chi connectivity index (χ3n) is 3.69. The van der Waals surface area contributed by atoms with Gasteiger partial charge >= 0.3 is 0 Å². The van der Waals surface area contributed by atoms with Gasteiger partial charge in [0.15, 0.2) is 5.16 Å². The number of benzene rings is 1. The number of rotatable bonds is 8. The summed E-state index contributed by atoms with van der Waals surface area (Å²) in [6.45, 7) is 4.11. The van der Waals surface area contributed by atoms with Gasteiger partial charge in [-0.05, 0) is 43.0 Å². The molecule has 0 saturated carbocycles. The van der Waals surface area contributed by atoms with Gasteiger partial charge in [-0.15, -0.1) is 0 Å². The van der Waals surface area contributed by atoms with Crippen LogP contribution in [0.15, 0.2) is 46.5 Å². The van der Waals surface area contributed by atoms with Crippen molar-refractivity contribution in [1.82, 2.24) is 20.2 Å². The van der Waals surface area contributed by atoms with Gasteiger partial charge in [0.25, 0.3) is 0 Å². The number of aromatic nitrogens is 4. The molecule has 2 aromatic heterocycles. The molecular formula is C19H22N6O2S. The summed E-state index contributed by atoms with van der Waals surface area (Å²) < 4.78 is 5.22. The molecule has 3 N–H and O–H groups in total. The fraction of sp³-hybridized carbons (Fsp3) is 0.263. The second-order valence-corrected chi connectivity index (χ2v) is 7.08. The lowest BCUT2D eigenvalue weighted by molar-refractivity contribution is -0.115. The number of carbonyl (C=O) groups is 1. The molecular weight excluding hydrogens is 376 g/mol. The summed E-state index contributed by atoms with van der Waals surface area (Å²) >= 11 is 1.43. The highest BCUT2D eigenvalue weighted by atomic mass is 32.2. The molecule has 0 saturated heterocycles. The Balaban J connectivity index is 1.77. The van der Waals surface area contributed by atoms with Crippen LogP contribution in [0.3, 0.4) is 0 Å². The van der Waals surface area contributed by atoms with Crippen LogP contribution < -0.4 is 10.6 Å². The van der Waals surface area contributed by atoms with E-state index in [2.05, 4.69) is 30.8 Å². The highest BCUT2D eigenvalue weighted by Gasteiger charge is 2.09. The highest BCUT2D eigenvalue weighted by molar-refractivity contribution is 7.99. The van der Waals surface area contributed by atoms with Crippen molar-refractivity contribution in [2.24, 2.45) is 0 Å². The standard InChI is InChI=1S/C19H22N6O2S/c1-4-18(26)20-13-5-7-15(8-6-13)28-19-21-14(11-27-3)10-16(23-19)22-17-9-12(2)24-25-17/h5-10H,4,11H2,1-3H3,(H,20,26)(H2,21,22,23,24,25). The largest absolute Gasteiger partial charge is 0.378 e. The van der Waals surface area contributed by atoms with E-state index in [1.54, 1.807) is 7.11 Å². The Hall–Kier alpha value is -2.91. The number of carbonyl (C=O) groups excluding carboxylic acids is 1. The molecule has 0 spiro atoms. The molecule has 0 aliphatic rings. The molecule has 0 aliphatic carbocycles.